The minimum Gasteiger partial charge on any atom is -0.493 e. The van der Waals surface area contributed by atoms with E-state index in [-0.39, 0.29) is 0 Å². The van der Waals surface area contributed by atoms with E-state index in [9.17, 15) is 0 Å². The van der Waals surface area contributed by atoms with Crippen LogP contribution in [0.4, 0.5) is 0 Å². The molecule has 0 aliphatic carbocycles. The first kappa shape index (κ1) is 24.3. The standard InChI is InChI=1S/C29H40N2O4/c1-6-18-17-31-10-8-20-14-27(33-3)29(35-5)16-23(20)25(31)12-21(18)11-24-22-15-28(34-4)26(32-2)13-19(22)7-9-30-24/h13-16,18,21,24-25,30H,6-12,17H2,1-5H3/t18?,21-,24+,25-/m0/s1. The molecule has 35 heavy (non-hydrogen) atoms. The van der Waals surface area contributed by atoms with Crippen LogP contribution in [-0.4, -0.2) is 53.0 Å². The largest absolute Gasteiger partial charge is 0.493 e. The molecule has 3 aliphatic rings. The van der Waals surface area contributed by atoms with E-state index >= 15 is 0 Å². The third kappa shape index (κ3) is 4.47. The van der Waals surface area contributed by atoms with Gasteiger partial charge in [0.15, 0.2) is 23.0 Å². The summed E-state index contributed by atoms with van der Waals surface area (Å²) in [6.07, 6.45) is 5.65. The fourth-order valence-corrected chi connectivity index (χ4v) is 6.74. The fourth-order valence-electron chi connectivity index (χ4n) is 6.74. The number of piperidine rings is 1. The highest BCUT2D eigenvalue weighted by molar-refractivity contribution is 5.50. The molecule has 2 aromatic carbocycles. The highest BCUT2D eigenvalue weighted by Crippen LogP contribution is 2.48. The van der Waals surface area contributed by atoms with Gasteiger partial charge in [0.1, 0.15) is 0 Å². The third-order valence-corrected chi connectivity index (χ3v) is 8.64. The average molecular weight is 481 g/mol. The van der Waals surface area contributed by atoms with E-state index in [0.717, 1.165) is 55.4 Å². The van der Waals surface area contributed by atoms with Crippen molar-refractivity contribution in [1.82, 2.24) is 10.2 Å². The van der Waals surface area contributed by atoms with E-state index in [0.29, 0.717) is 23.9 Å². The summed E-state index contributed by atoms with van der Waals surface area (Å²) >= 11 is 0. The summed E-state index contributed by atoms with van der Waals surface area (Å²) < 4.78 is 22.5. The van der Waals surface area contributed by atoms with Crippen LogP contribution < -0.4 is 24.3 Å². The molecule has 1 saturated heterocycles. The Morgan fingerprint density at radius 2 is 1.40 bits per heavy atom. The molecule has 0 saturated carbocycles. The number of nitrogens with zero attached hydrogens (tertiary/aromatic N) is 1. The zero-order valence-corrected chi connectivity index (χ0v) is 21.9. The molecule has 190 valence electrons. The second-order valence-corrected chi connectivity index (χ2v) is 10.2. The molecule has 3 aliphatic heterocycles. The van der Waals surface area contributed by atoms with E-state index in [2.05, 4.69) is 41.4 Å². The van der Waals surface area contributed by atoms with E-state index in [1.165, 1.54) is 41.6 Å². The van der Waals surface area contributed by atoms with Gasteiger partial charge in [0.2, 0.25) is 0 Å². The smallest absolute Gasteiger partial charge is 0.161 e. The lowest BCUT2D eigenvalue weighted by atomic mass is 9.72. The van der Waals surface area contributed by atoms with E-state index in [1.807, 2.05) is 0 Å². The normalized spacial score (nSPS) is 25.7. The number of methoxy groups -OCH3 is 4. The molecule has 6 heteroatoms. The number of ether oxygens (including phenoxy) is 4. The number of fused-ring (bicyclic) bond motifs is 4. The molecule has 6 nitrogen and oxygen atoms in total. The Hall–Kier alpha value is -2.44. The van der Waals surface area contributed by atoms with Gasteiger partial charge in [0.25, 0.3) is 0 Å². The van der Waals surface area contributed by atoms with Gasteiger partial charge in [0, 0.05) is 25.2 Å². The highest BCUT2D eigenvalue weighted by Gasteiger charge is 2.40. The van der Waals surface area contributed by atoms with Gasteiger partial charge in [0.05, 0.1) is 28.4 Å². The molecule has 0 aromatic heterocycles. The summed E-state index contributed by atoms with van der Waals surface area (Å²) in [6, 6.07) is 9.61. The monoisotopic (exact) mass is 480 g/mol. The lowest BCUT2D eigenvalue weighted by molar-refractivity contribution is 0.0434. The van der Waals surface area contributed by atoms with Gasteiger partial charge in [-0.2, -0.15) is 0 Å². The maximum absolute atomic E-state index is 5.68. The maximum Gasteiger partial charge on any atom is 0.161 e. The van der Waals surface area contributed by atoms with Gasteiger partial charge in [-0.25, -0.2) is 0 Å². The van der Waals surface area contributed by atoms with Gasteiger partial charge in [-0.05, 0) is 90.6 Å². The first-order chi connectivity index (χ1) is 17.1. The van der Waals surface area contributed by atoms with Crippen LogP contribution in [0, 0.1) is 11.8 Å². The summed E-state index contributed by atoms with van der Waals surface area (Å²) in [5, 5.41) is 3.83. The van der Waals surface area contributed by atoms with E-state index < -0.39 is 0 Å². The average Bonchev–Trinajstić information content (AvgIpc) is 2.91. The van der Waals surface area contributed by atoms with E-state index in [4.69, 9.17) is 18.9 Å². The molecule has 1 N–H and O–H groups in total. The topological polar surface area (TPSA) is 52.2 Å². The Kier molecular flexibility index (Phi) is 7.12. The van der Waals surface area contributed by atoms with Crippen LogP contribution in [-0.2, 0) is 12.8 Å². The van der Waals surface area contributed by atoms with Crippen LogP contribution in [0.3, 0.4) is 0 Å². The van der Waals surface area contributed by atoms with Crippen molar-refractivity contribution in [3.63, 3.8) is 0 Å². The molecule has 1 unspecified atom stereocenters. The first-order valence-electron chi connectivity index (χ1n) is 13.1. The Morgan fingerprint density at radius 1 is 0.800 bits per heavy atom. The van der Waals surface area contributed by atoms with Gasteiger partial charge in [-0.1, -0.05) is 13.3 Å². The van der Waals surface area contributed by atoms with Crippen LogP contribution in [0.5, 0.6) is 23.0 Å². The number of hydrogen-bond acceptors (Lipinski definition) is 6. The van der Waals surface area contributed by atoms with Crippen molar-refractivity contribution in [2.75, 3.05) is 48.1 Å². The number of rotatable bonds is 7. The molecular weight excluding hydrogens is 440 g/mol. The van der Waals surface area contributed by atoms with Gasteiger partial charge in [-0.3, -0.25) is 4.90 Å². The molecule has 5 rings (SSSR count). The van der Waals surface area contributed by atoms with Crippen molar-refractivity contribution in [2.45, 2.75) is 51.1 Å². The van der Waals surface area contributed by atoms with Gasteiger partial charge in [-0.15, -0.1) is 0 Å². The zero-order chi connectivity index (χ0) is 24.5. The zero-order valence-electron chi connectivity index (χ0n) is 21.9. The fraction of sp³-hybridized carbons (Fsp3) is 0.586. The third-order valence-electron chi connectivity index (χ3n) is 8.64. The quantitative estimate of drug-likeness (QED) is 0.606. The molecule has 1 fully saturated rings. The van der Waals surface area contributed by atoms with Gasteiger partial charge >= 0.3 is 0 Å². The summed E-state index contributed by atoms with van der Waals surface area (Å²) in [5.41, 5.74) is 5.60. The Labute approximate surface area is 209 Å². The minimum absolute atomic E-state index is 0.345. The van der Waals surface area contributed by atoms with E-state index in [1.54, 1.807) is 28.4 Å². The number of benzene rings is 2. The first-order valence-corrected chi connectivity index (χ1v) is 13.1. The Bertz CT molecular complexity index is 1050. The number of hydrogen-bond donors (Lipinski definition) is 1. The van der Waals surface area contributed by atoms with Crippen LogP contribution >= 0.6 is 0 Å². The van der Waals surface area contributed by atoms with Crippen molar-refractivity contribution in [3.8, 4) is 23.0 Å². The number of nitrogens with one attached hydrogen (secondary N) is 1. The summed E-state index contributed by atoms with van der Waals surface area (Å²) in [6.45, 7) is 5.66. The SMILES string of the molecule is CCC1CN2CCc3cc(OC)c(OC)cc3[C@@H]2C[C@@H]1C[C@H]1NCCc2cc(OC)c(OC)cc21. The molecular formula is C29H40N2O4. The highest BCUT2D eigenvalue weighted by atomic mass is 16.5. The second kappa shape index (κ2) is 10.3. The molecule has 0 amide bonds. The van der Waals surface area contributed by atoms with Crippen LogP contribution in [0.15, 0.2) is 24.3 Å². The lowest BCUT2D eigenvalue weighted by Crippen LogP contribution is -2.46. The summed E-state index contributed by atoms with van der Waals surface area (Å²) in [4.78, 5) is 2.72. The molecule has 0 bridgehead atoms. The maximum atomic E-state index is 5.68. The predicted molar refractivity (Wildman–Crippen MR) is 138 cm³/mol. The predicted octanol–water partition coefficient (Wildman–Crippen LogP) is 4.94. The van der Waals surface area contributed by atoms with Crippen LogP contribution in [0.1, 0.15) is 60.5 Å². The van der Waals surface area contributed by atoms with Crippen molar-refractivity contribution in [2.24, 2.45) is 11.8 Å². The lowest BCUT2D eigenvalue weighted by Gasteiger charge is -2.48. The Balaban J connectivity index is 1.43. The van der Waals surface area contributed by atoms with Crippen LogP contribution in [0.2, 0.25) is 0 Å². The minimum atomic E-state index is 0.345. The molecule has 4 atom stereocenters. The Morgan fingerprint density at radius 3 is 2.03 bits per heavy atom. The summed E-state index contributed by atoms with van der Waals surface area (Å²) in [5.74, 6) is 4.69. The summed E-state index contributed by atoms with van der Waals surface area (Å²) in [7, 11) is 6.90. The van der Waals surface area contributed by atoms with Gasteiger partial charge < -0.3 is 24.3 Å². The molecule has 0 radical (unpaired) electrons. The molecule has 3 heterocycles. The van der Waals surface area contributed by atoms with Crippen molar-refractivity contribution < 1.29 is 18.9 Å². The molecule has 2 aromatic rings. The van der Waals surface area contributed by atoms with Crippen molar-refractivity contribution in [1.29, 1.82) is 0 Å². The van der Waals surface area contributed by atoms with Crippen molar-refractivity contribution in [3.05, 3.63) is 46.5 Å². The van der Waals surface area contributed by atoms with Crippen LogP contribution in [0.25, 0.3) is 0 Å². The van der Waals surface area contributed by atoms with Crippen molar-refractivity contribution >= 4 is 0 Å². The molecule has 0 spiro atoms. The second-order valence-electron chi connectivity index (χ2n) is 10.2.